The van der Waals surface area contributed by atoms with Gasteiger partial charge in [-0.15, -0.1) is 11.3 Å². The molecule has 1 aromatic carbocycles. The lowest BCUT2D eigenvalue weighted by atomic mass is 9.65. The lowest BCUT2D eigenvalue weighted by Gasteiger charge is -2.39. The van der Waals surface area contributed by atoms with Gasteiger partial charge in [-0.25, -0.2) is 13.2 Å². The first-order chi connectivity index (χ1) is 19.1. The molecule has 1 aromatic heterocycles. The second-order valence-electron chi connectivity index (χ2n) is 13.1. The molecule has 1 aliphatic carbocycles. The molecule has 12 heteroatoms. The molecule has 2 unspecified atom stereocenters. The third-order valence-corrected chi connectivity index (χ3v) is 11.5. The molecule has 1 saturated carbocycles. The molecule has 3 aliphatic rings. The predicted molar refractivity (Wildman–Crippen MR) is 159 cm³/mol. The molecule has 222 valence electrons. The van der Waals surface area contributed by atoms with Crippen molar-refractivity contribution < 1.29 is 22.8 Å². The van der Waals surface area contributed by atoms with Crippen LogP contribution in [0.2, 0.25) is 0 Å². The minimum atomic E-state index is -3.72. The highest BCUT2D eigenvalue weighted by Gasteiger charge is 2.53. The highest BCUT2D eigenvalue weighted by molar-refractivity contribution is 7.89. The number of benzene rings is 1. The zero-order valence-electron chi connectivity index (χ0n) is 24.5. The van der Waals surface area contributed by atoms with E-state index in [1.165, 1.54) is 40.5 Å². The molecule has 10 nitrogen and oxygen atoms in total. The van der Waals surface area contributed by atoms with Gasteiger partial charge in [0.25, 0.3) is 11.8 Å². The molecule has 3 heterocycles. The monoisotopic (exact) mass is 601 g/mol. The van der Waals surface area contributed by atoms with Crippen molar-refractivity contribution in [1.29, 1.82) is 0 Å². The summed E-state index contributed by atoms with van der Waals surface area (Å²) in [6.45, 7) is 8.48. The summed E-state index contributed by atoms with van der Waals surface area (Å²) in [5.41, 5.74) is 1.47. The molecule has 2 N–H and O–H groups in total. The van der Waals surface area contributed by atoms with Gasteiger partial charge in [0, 0.05) is 50.2 Å². The number of sulfonamides is 1. The number of urea groups is 1. The fourth-order valence-electron chi connectivity index (χ4n) is 6.91. The Kier molecular flexibility index (Phi) is 7.59. The van der Waals surface area contributed by atoms with Crippen molar-refractivity contribution in [2.45, 2.75) is 63.9 Å². The number of hydrogen-bond donors (Lipinski definition) is 2. The zero-order chi connectivity index (χ0) is 29.9. The van der Waals surface area contributed by atoms with E-state index in [1.807, 2.05) is 7.05 Å². The first-order valence-electron chi connectivity index (χ1n) is 13.9. The van der Waals surface area contributed by atoms with Crippen LogP contribution in [0.15, 0.2) is 29.2 Å². The standard InChI is InChI=1S/C29H39N5O5S2/c1-28(2)13-19-14-29(3,16-28)17-34(19)41(38,39)20-9-7-18(8-10-20)24(35)30-26-23(25(36)31-27(37)32(4)5)21-11-12-33(6)15-22(21)40-26/h7-10,19H,11-17H2,1-6H3,(H,30,35)(H,31,36,37). The van der Waals surface area contributed by atoms with Crippen LogP contribution in [0, 0.1) is 10.8 Å². The van der Waals surface area contributed by atoms with Crippen molar-refractivity contribution in [3.05, 3.63) is 45.8 Å². The molecular weight excluding hydrogens is 562 g/mol. The van der Waals surface area contributed by atoms with Crippen LogP contribution in [-0.2, 0) is 23.0 Å². The summed E-state index contributed by atoms with van der Waals surface area (Å²) in [6, 6.07) is 5.41. The van der Waals surface area contributed by atoms with Gasteiger partial charge in [-0.05, 0) is 73.4 Å². The maximum atomic E-state index is 13.6. The Balaban J connectivity index is 1.36. The van der Waals surface area contributed by atoms with E-state index in [0.29, 0.717) is 30.1 Å². The van der Waals surface area contributed by atoms with Gasteiger partial charge in [-0.1, -0.05) is 20.8 Å². The van der Waals surface area contributed by atoms with E-state index in [1.54, 1.807) is 18.4 Å². The average Bonchev–Trinajstić information content (AvgIpc) is 3.35. The second-order valence-corrected chi connectivity index (χ2v) is 16.1. The topological polar surface area (TPSA) is 119 Å². The van der Waals surface area contributed by atoms with Gasteiger partial charge in [0.2, 0.25) is 10.0 Å². The smallest absolute Gasteiger partial charge is 0.323 e. The van der Waals surface area contributed by atoms with Crippen LogP contribution in [0.25, 0.3) is 0 Å². The second kappa shape index (κ2) is 10.5. The number of nitrogens with zero attached hydrogens (tertiary/aromatic N) is 3. The summed E-state index contributed by atoms with van der Waals surface area (Å²) >= 11 is 1.32. The van der Waals surface area contributed by atoms with Crippen LogP contribution in [-0.4, -0.2) is 80.6 Å². The fraction of sp³-hybridized carbons (Fsp3) is 0.552. The summed E-state index contributed by atoms with van der Waals surface area (Å²) in [6.07, 6.45) is 3.32. The Morgan fingerprint density at radius 3 is 2.39 bits per heavy atom. The van der Waals surface area contributed by atoms with Crippen LogP contribution in [0.4, 0.5) is 9.80 Å². The fourth-order valence-corrected chi connectivity index (χ4v) is 10.0. The van der Waals surface area contributed by atoms with Gasteiger partial charge >= 0.3 is 6.03 Å². The number of carbonyl (C=O) groups excluding carboxylic acids is 3. The molecule has 2 fully saturated rings. The summed E-state index contributed by atoms with van der Waals surface area (Å²) < 4.78 is 28.9. The van der Waals surface area contributed by atoms with E-state index in [4.69, 9.17) is 0 Å². The van der Waals surface area contributed by atoms with Crippen molar-refractivity contribution in [1.82, 2.24) is 19.4 Å². The van der Waals surface area contributed by atoms with Crippen LogP contribution in [0.1, 0.15) is 71.2 Å². The number of likely N-dealkylation sites (N-methyl/N-ethyl adjacent to an activating group) is 1. The Hall–Kier alpha value is -2.80. The average molecular weight is 602 g/mol. The number of hydrogen-bond acceptors (Lipinski definition) is 7. The van der Waals surface area contributed by atoms with E-state index in [2.05, 4.69) is 36.3 Å². The van der Waals surface area contributed by atoms with Crippen LogP contribution >= 0.6 is 11.3 Å². The number of rotatable bonds is 5. The number of amides is 4. The third kappa shape index (κ3) is 5.79. The number of carbonyl (C=O) groups is 3. The Morgan fingerprint density at radius 2 is 1.73 bits per heavy atom. The normalized spacial score (nSPS) is 24.0. The first-order valence-corrected chi connectivity index (χ1v) is 16.1. The summed E-state index contributed by atoms with van der Waals surface area (Å²) in [5, 5.41) is 5.62. The molecule has 0 radical (unpaired) electrons. The van der Waals surface area contributed by atoms with Gasteiger partial charge in [0.05, 0.1) is 10.5 Å². The number of fused-ring (bicyclic) bond motifs is 3. The van der Waals surface area contributed by atoms with Gasteiger partial charge in [-0.3, -0.25) is 14.9 Å². The predicted octanol–water partition coefficient (Wildman–Crippen LogP) is 3.99. The van der Waals surface area contributed by atoms with Crippen molar-refractivity contribution in [2.75, 3.05) is 39.5 Å². The zero-order valence-corrected chi connectivity index (χ0v) is 26.2. The van der Waals surface area contributed by atoms with Crippen LogP contribution in [0.5, 0.6) is 0 Å². The minimum Gasteiger partial charge on any atom is -0.331 e. The molecule has 41 heavy (non-hydrogen) atoms. The minimum absolute atomic E-state index is 0.0235. The van der Waals surface area contributed by atoms with Crippen molar-refractivity contribution in [2.24, 2.45) is 10.8 Å². The number of anilines is 1. The van der Waals surface area contributed by atoms with Gasteiger partial charge in [-0.2, -0.15) is 4.31 Å². The summed E-state index contributed by atoms with van der Waals surface area (Å²) in [5.74, 6) is -1.02. The van der Waals surface area contributed by atoms with Gasteiger partial charge in [0.15, 0.2) is 0 Å². The summed E-state index contributed by atoms with van der Waals surface area (Å²) in [4.78, 5) is 43.2. The molecule has 5 rings (SSSR count). The number of thiophene rings is 1. The lowest BCUT2D eigenvalue weighted by molar-refractivity contribution is 0.0956. The van der Waals surface area contributed by atoms with E-state index >= 15 is 0 Å². The maximum absolute atomic E-state index is 13.6. The molecule has 2 bridgehead atoms. The Bertz CT molecular complexity index is 1500. The van der Waals surface area contributed by atoms with E-state index in [-0.39, 0.29) is 27.3 Å². The maximum Gasteiger partial charge on any atom is 0.323 e. The Labute approximate surface area is 246 Å². The lowest BCUT2D eigenvalue weighted by Crippen LogP contribution is -2.39. The van der Waals surface area contributed by atoms with E-state index in [0.717, 1.165) is 36.2 Å². The molecule has 2 aliphatic heterocycles. The molecule has 0 spiro atoms. The van der Waals surface area contributed by atoms with Crippen LogP contribution in [0.3, 0.4) is 0 Å². The molecule has 2 aromatic rings. The molecule has 2 atom stereocenters. The molecular formula is C29H39N5O5S2. The van der Waals surface area contributed by atoms with E-state index in [9.17, 15) is 22.8 Å². The number of nitrogens with one attached hydrogen (secondary N) is 2. The number of imide groups is 1. The van der Waals surface area contributed by atoms with Crippen molar-refractivity contribution in [3.8, 4) is 0 Å². The largest absolute Gasteiger partial charge is 0.331 e. The van der Waals surface area contributed by atoms with Crippen LogP contribution < -0.4 is 10.6 Å². The SMILES string of the molecule is CN1CCc2c(sc(NC(=O)c3ccc(S(=O)(=O)N4CC5(C)CC4CC(C)(C)C5)cc3)c2C(=O)NC(=O)N(C)C)C1. The molecule has 4 amide bonds. The van der Waals surface area contributed by atoms with E-state index < -0.39 is 27.9 Å². The van der Waals surface area contributed by atoms with Gasteiger partial charge < -0.3 is 15.1 Å². The highest BCUT2D eigenvalue weighted by atomic mass is 32.2. The highest BCUT2D eigenvalue weighted by Crippen LogP contribution is 2.53. The van der Waals surface area contributed by atoms with Crippen molar-refractivity contribution in [3.63, 3.8) is 0 Å². The molecule has 1 saturated heterocycles. The quantitative estimate of drug-likeness (QED) is 0.535. The summed E-state index contributed by atoms with van der Waals surface area (Å²) in [7, 11) is 1.36. The Morgan fingerprint density at radius 1 is 1.05 bits per heavy atom. The van der Waals surface area contributed by atoms with Crippen molar-refractivity contribution >= 4 is 44.2 Å². The first kappa shape index (κ1) is 29.7. The third-order valence-electron chi connectivity index (χ3n) is 8.42. The van der Waals surface area contributed by atoms with Gasteiger partial charge in [0.1, 0.15) is 5.00 Å².